The molecule has 0 saturated carbocycles. The number of imidazole rings is 1. The zero-order valence-electron chi connectivity index (χ0n) is 22.4. The van der Waals surface area contributed by atoms with Gasteiger partial charge >= 0.3 is 5.97 Å². The number of pyridine rings is 1. The first-order chi connectivity index (χ1) is 17.9. The summed E-state index contributed by atoms with van der Waals surface area (Å²) in [7, 11) is -2.11. The van der Waals surface area contributed by atoms with Crippen molar-refractivity contribution in [3.63, 3.8) is 0 Å². The summed E-state index contributed by atoms with van der Waals surface area (Å²) >= 11 is 0. The van der Waals surface area contributed by atoms with Gasteiger partial charge in [0.1, 0.15) is 30.3 Å². The van der Waals surface area contributed by atoms with Crippen LogP contribution in [0, 0.1) is 0 Å². The van der Waals surface area contributed by atoms with Crippen molar-refractivity contribution < 1.29 is 18.7 Å². The Morgan fingerprint density at radius 1 is 1.34 bits per heavy atom. The number of anilines is 1. The van der Waals surface area contributed by atoms with Crippen LogP contribution in [0.15, 0.2) is 36.1 Å². The average molecular weight is 540 g/mol. The molecule has 1 aliphatic rings. The monoisotopic (exact) mass is 539 g/mol. The number of hydrogen-bond donors (Lipinski definition) is 1. The van der Waals surface area contributed by atoms with Gasteiger partial charge in [0.25, 0.3) is 0 Å². The number of fused-ring (bicyclic) bond motifs is 1. The molecule has 1 saturated heterocycles. The molecule has 4 atom stereocenters. The third kappa shape index (κ3) is 5.48. The molecule has 0 spiro atoms. The quantitative estimate of drug-likeness (QED) is 0.140. The molecule has 0 radical (unpaired) electrons. The van der Waals surface area contributed by atoms with Crippen LogP contribution in [0.4, 0.5) is 5.82 Å². The van der Waals surface area contributed by atoms with E-state index < -0.39 is 38.8 Å². The first-order valence-electron chi connectivity index (χ1n) is 12.4. The Kier molecular flexibility index (Phi) is 7.70. The van der Waals surface area contributed by atoms with Crippen LogP contribution in [0.5, 0.6) is 0 Å². The third-order valence-electron chi connectivity index (χ3n) is 7.23. The zero-order valence-corrected chi connectivity index (χ0v) is 23.4. The minimum atomic E-state index is -2.11. The van der Waals surface area contributed by atoms with E-state index >= 15 is 0 Å². The molecule has 0 amide bonds. The largest absolute Gasteiger partial charge is 0.456 e. The van der Waals surface area contributed by atoms with E-state index in [1.54, 1.807) is 30.0 Å². The molecule has 1 aliphatic heterocycles. The topological polar surface area (TPSA) is 176 Å². The number of hydrogen-bond acceptors (Lipinski definition) is 10. The van der Waals surface area contributed by atoms with Gasteiger partial charge < -0.3 is 19.6 Å². The average Bonchev–Trinajstić information content (AvgIpc) is 3.47. The SMILES string of the molecule is CC(N=[N+]=[N-])c1ncccc1C(=O)OC1C[C@H](n2cnc3c(N)ncnc32)O[C@@H]1CO[Si](C)(C)C(C)(C)C. The molecule has 202 valence electrons. The van der Waals surface area contributed by atoms with E-state index in [1.165, 1.54) is 12.5 Å². The molecule has 0 bridgehead atoms. The van der Waals surface area contributed by atoms with Gasteiger partial charge in [-0.05, 0) is 35.8 Å². The fourth-order valence-electron chi connectivity index (χ4n) is 3.99. The number of nitrogens with zero attached hydrogens (tertiary/aromatic N) is 8. The van der Waals surface area contributed by atoms with Gasteiger partial charge in [-0.1, -0.05) is 32.8 Å². The van der Waals surface area contributed by atoms with E-state index in [-0.39, 0.29) is 23.0 Å². The van der Waals surface area contributed by atoms with Gasteiger partial charge in [0, 0.05) is 17.5 Å². The van der Waals surface area contributed by atoms with Crippen molar-refractivity contribution in [2.75, 3.05) is 12.3 Å². The van der Waals surface area contributed by atoms with Crippen LogP contribution in [-0.2, 0) is 13.9 Å². The van der Waals surface area contributed by atoms with E-state index in [4.69, 9.17) is 25.2 Å². The minimum absolute atomic E-state index is 0.00577. The number of esters is 1. The van der Waals surface area contributed by atoms with Crippen LogP contribution in [0.3, 0.4) is 0 Å². The van der Waals surface area contributed by atoms with Gasteiger partial charge in [0.15, 0.2) is 19.8 Å². The van der Waals surface area contributed by atoms with Crippen LogP contribution in [0.25, 0.3) is 21.6 Å². The molecule has 3 aromatic heterocycles. The van der Waals surface area contributed by atoms with Gasteiger partial charge in [-0.2, -0.15) is 0 Å². The van der Waals surface area contributed by atoms with Crippen molar-refractivity contribution in [3.8, 4) is 0 Å². The van der Waals surface area contributed by atoms with E-state index in [9.17, 15) is 4.79 Å². The Morgan fingerprint density at radius 2 is 2.11 bits per heavy atom. The third-order valence-corrected chi connectivity index (χ3v) is 11.7. The fraction of sp³-hybridized carbons (Fsp3) is 0.542. The molecule has 4 rings (SSSR count). The van der Waals surface area contributed by atoms with Gasteiger partial charge in [-0.3, -0.25) is 9.55 Å². The molecule has 14 heteroatoms. The predicted molar refractivity (Wildman–Crippen MR) is 142 cm³/mol. The summed E-state index contributed by atoms with van der Waals surface area (Å²) in [5.74, 6) is -0.312. The maximum Gasteiger partial charge on any atom is 0.340 e. The van der Waals surface area contributed by atoms with Gasteiger partial charge in [0.2, 0.25) is 0 Å². The first kappa shape index (κ1) is 27.5. The molecule has 2 unspecified atom stereocenters. The molecule has 1 fully saturated rings. The fourth-order valence-corrected chi connectivity index (χ4v) is 5.00. The minimum Gasteiger partial charge on any atom is -0.456 e. The highest BCUT2D eigenvalue weighted by molar-refractivity contribution is 6.74. The Labute approximate surface area is 221 Å². The number of nitrogen functional groups attached to an aromatic ring is 1. The highest BCUT2D eigenvalue weighted by atomic mass is 28.4. The number of ether oxygens (including phenoxy) is 2. The van der Waals surface area contributed by atoms with E-state index in [2.05, 4.69) is 63.8 Å². The van der Waals surface area contributed by atoms with Crippen LogP contribution >= 0.6 is 0 Å². The van der Waals surface area contributed by atoms with Gasteiger partial charge in [-0.15, -0.1) is 0 Å². The Balaban J connectivity index is 1.61. The lowest BCUT2D eigenvalue weighted by Gasteiger charge is -2.37. The van der Waals surface area contributed by atoms with E-state index in [1.807, 2.05) is 0 Å². The van der Waals surface area contributed by atoms with E-state index in [0.29, 0.717) is 23.3 Å². The molecule has 4 heterocycles. The Morgan fingerprint density at radius 3 is 2.82 bits per heavy atom. The highest BCUT2D eigenvalue weighted by Gasteiger charge is 2.43. The summed E-state index contributed by atoms with van der Waals surface area (Å²) in [6.07, 6.45) is 3.16. The number of rotatable bonds is 8. The lowest BCUT2D eigenvalue weighted by molar-refractivity contribution is -0.0476. The van der Waals surface area contributed by atoms with E-state index in [0.717, 1.165) is 0 Å². The molecule has 0 aromatic carbocycles. The molecule has 2 N–H and O–H groups in total. The van der Waals surface area contributed by atoms with Crippen molar-refractivity contribution in [2.45, 2.75) is 76.7 Å². The van der Waals surface area contributed by atoms with Crippen molar-refractivity contribution in [2.24, 2.45) is 5.11 Å². The van der Waals surface area contributed by atoms with Gasteiger partial charge in [-0.25, -0.2) is 19.7 Å². The normalized spacial score (nSPS) is 20.7. The lowest BCUT2D eigenvalue weighted by Crippen LogP contribution is -2.44. The molecule has 38 heavy (non-hydrogen) atoms. The second kappa shape index (κ2) is 10.7. The lowest BCUT2D eigenvalue weighted by atomic mass is 10.1. The summed E-state index contributed by atoms with van der Waals surface area (Å²) in [5.41, 5.74) is 16.4. The summed E-state index contributed by atoms with van der Waals surface area (Å²) < 4.78 is 20.6. The van der Waals surface area contributed by atoms with Crippen LogP contribution in [-0.4, -0.2) is 57.6 Å². The summed E-state index contributed by atoms with van der Waals surface area (Å²) in [6, 6.07) is 2.60. The van der Waals surface area contributed by atoms with Crippen LogP contribution in [0.1, 0.15) is 62.4 Å². The summed E-state index contributed by atoms with van der Waals surface area (Å²) in [4.78, 5) is 33.1. The summed E-state index contributed by atoms with van der Waals surface area (Å²) in [5, 5.41) is 3.68. The van der Waals surface area contributed by atoms with Crippen molar-refractivity contribution in [1.29, 1.82) is 0 Å². The number of carbonyl (C=O) groups excluding carboxylic acids is 1. The highest BCUT2D eigenvalue weighted by Crippen LogP contribution is 2.39. The standard InChI is InChI=1S/C24H33N9O4Si/c1-14(31-32-26)19-15(8-7-9-27-19)23(34)37-16-10-18(33-13-30-20-21(25)28-12-29-22(20)33)36-17(16)11-35-38(5,6)24(2,3)4/h7-9,12-14,16-18H,10-11H2,1-6H3,(H2,25,28,29)/t14?,16?,17-,18-/m1/s1. The van der Waals surface area contributed by atoms with Crippen molar-refractivity contribution in [1.82, 2.24) is 24.5 Å². The van der Waals surface area contributed by atoms with Crippen molar-refractivity contribution >= 4 is 31.3 Å². The Hall–Kier alpha value is -3.58. The van der Waals surface area contributed by atoms with Crippen LogP contribution in [0.2, 0.25) is 18.1 Å². The molecule has 13 nitrogen and oxygen atoms in total. The Bertz CT molecular complexity index is 1370. The molecule has 0 aliphatic carbocycles. The smallest absolute Gasteiger partial charge is 0.340 e. The number of carbonyl (C=O) groups is 1. The molecule has 3 aromatic rings. The number of nitrogens with two attached hydrogens (primary N) is 1. The second-order valence-corrected chi connectivity index (χ2v) is 15.6. The maximum absolute atomic E-state index is 13.3. The van der Waals surface area contributed by atoms with Crippen molar-refractivity contribution in [3.05, 3.63) is 52.7 Å². The number of azide groups is 1. The predicted octanol–water partition coefficient (Wildman–Crippen LogP) is 4.71. The van der Waals surface area contributed by atoms with Gasteiger partial charge in [0.05, 0.1) is 30.2 Å². The maximum atomic E-state index is 13.3. The summed E-state index contributed by atoms with van der Waals surface area (Å²) in [6.45, 7) is 12.7. The van der Waals surface area contributed by atoms with Crippen LogP contribution < -0.4 is 5.73 Å². The molecular weight excluding hydrogens is 506 g/mol. The number of aromatic nitrogens is 5. The zero-order chi connectivity index (χ0) is 27.7. The molecular formula is C24H33N9O4Si. The second-order valence-electron chi connectivity index (χ2n) is 10.8. The first-order valence-corrected chi connectivity index (χ1v) is 15.3.